The Kier molecular flexibility index (Phi) is 5.22. The molecular weight excluding hydrogens is 300 g/mol. The number of aliphatic hydroxyl groups excluding tert-OH is 2. The predicted octanol–water partition coefficient (Wildman–Crippen LogP) is -2.69. The van der Waals surface area contributed by atoms with Gasteiger partial charge in [-0.05, 0) is 20.8 Å². The van der Waals surface area contributed by atoms with Gasteiger partial charge in [-0.2, -0.15) is 0 Å². The lowest BCUT2D eigenvalue weighted by atomic mass is 9.69. The van der Waals surface area contributed by atoms with E-state index in [9.17, 15) is 34.8 Å². The first kappa shape index (κ1) is 18.8. The summed E-state index contributed by atoms with van der Waals surface area (Å²) >= 11 is 0. The largest absolute Gasteiger partial charge is 0.387 e. The van der Waals surface area contributed by atoms with Crippen molar-refractivity contribution >= 4 is 17.3 Å². The molecule has 1 saturated heterocycles. The Bertz CT molecular complexity index is 490. The van der Waals surface area contributed by atoms with Crippen molar-refractivity contribution in [3.05, 3.63) is 0 Å². The number of hydrogen-bond acceptors (Lipinski definition) is 9. The Balaban J connectivity index is 3.51. The molecule has 126 valence electrons. The first-order chi connectivity index (χ1) is 9.96. The third kappa shape index (κ3) is 2.39. The van der Waals surface area contributed by atoms with Gasteiger partial charge in [-0.1, -0.05) is 0 Å². The van der Waals surface area contributed by atoms with E-state index in [0.29, 0.717) is 0 Å². The molecule has 1 rings (SSSR count). The number of rotatable bonds is 5. The van der Waals surface area contributed by atoms with Gasteiger partial charge in [0.2, 0.25) is 5.60 Å². The molecule has 1 aliphatic heterocycles. The minimum absolute atomic E-state index is 0.807. The van der Waals surface area contributed by atoms with Crippen molar-refractivity contribution in [1.29, 1.82) is 0 Å². The van der Waals surface area contributed by atoms with Crippen molar-refractivity contribution in [3.63, 3.8) is 0 Å². The van der Waals surface area contributed by atoms with Crippen LogP contribution in [0, 0.1) is 0 Å². The number of carbonyl (C=O) groups excluding carboxylic acids is 3. The second-order valence-electron chi connectivity index (χ2n) is 5.31. The van der Waals surface area contributed by atoms with Crippen LogP contribution in [0.5, 0.6) is 0 Å². The quantitative estimate of drug-likeness (QED) is 0.424. The average Bonchev–Trinajstić information content (AvgIpc) is 2.43. The van der Waals surface area contributed by atoms with E-state index in [-0.39, 0.29) is 0 Å². The molecule has 4 N–H and O–H groups in total. The van der Waals surface area contributed by atoms with Gasteiger partial charge in [0.05, 0.1) is 0 Å². The van der Waals surface area contributed by atoms with Crippen molar-refractivity contribution in [1.82, 2.24) is 0 Å². The molecule has 0 aromatic carbocycles. The van der Waals surface area contributed by atoms with Crippen molar-refractivity contribution in [2.45, 2.75) is 56.6 Å². The topological polar surface area (TPSA) is 151 Å². The zero-order chi connectivity index (χ0) is 17.5. The Morgan fingerprint density at radius 2 is 1.55 bits per heavy atom. The summed E-state index contributed by atoms with van der Waals surface area (Å²) in [5.41, 5.74) is -5.92. The van der Waals surface area contributed by atoms with Gasteiger partial charge in [0.25, 0.3) is 0 Å². The van der Waals surface area contributed by atoms with E-state index in [0.717, 1.165) is 27.9 Å². The maximum atomic E-state index is 11.9. The zero-order valence-electron chi connectivity index (χ0n) is 12.6. The third-order valence-electron chi connectivity index (χ3n) is 3.96. The molecule has 0 aliphatic carbocycles. The standard InChI is InChI=1S/C13H20O9/c1-5(14)8(17)9-10(18)12(19,6(2)15)13(20,7(3)16)11(21-4)22-9/h8-11,17-20H,1-4H3/t8?,9-,10+,11-,12+,13+/m1/s1. The highest BCUT2D eigenvalue weighted by molar-refractivity contribution is 5.98. The number of carbonyl (C=O) groups is 3. The summed E-state index contributed by atoms with van der Waals surface area (Å²) in [7, 11) is 1.02. The molecule has 0 amide bonds. The Labute approximate surface area is 126 Å². The van der Waals surface area contributed by atoms with Crippen LogP contribution in [0.4, 0.5) is 0 Å². The molecule has 9 heteroatoms. The fourth-order valence-corrected chi connectivity index (χ4v) is 2.57. The SMILES string of the molecule is CO[C@@H]1O[C@H](C(O)C(C)=O)[C@H](O)[C@@](O)(C(C)=O)[C@]1(O)C(C)=O. The Hall–Kier alpha value is -1.23. The molecule has 22 heavy (non-hydrogen) atoms. The summed E-state index contributed by atoms with van der Waals surface area (Å²) in [6, 6.07) is 0. The summed E-state index contributed by atoms with van der Waals surface area (Å²) in [6.07, 6.45) is -7.77. The van der Waals surface area contributed by atoms with E-state index < -0.39 is 53.2 Å². The number of ketones is 3. The van der Waals surface area contributed by atoms with Crippen LogP contribution in [0.25, 0.3) is 0 Å². The number of ether oxygens (including phenoxy) is 2. The van der Waals surface area contributed by atoms with E-state index >= 15 is 0 Å². The van der Waals surface area contributed by atoms with Crippen molar-refractivity contribution in [2.75, 3.05) is 7.11 Å². The smallest absolute Gasteiger partial charge is 0.212 e. The molecule has 1 heterocycles. The molecular formula is C13H20O9. The van der Waals surface area contributed by atoms with Crippen LogP contribution >= 0.6 is 0 Å². The van der Waals surface area contributed by atoms with Crippen LogP contribution in [0.2, 0.25) is 0 Å². The lowest BCUT2D eigenvalue weighted by Gasteiger charge is -2.52. The third-order valence-corrected chi connectivity index (χ3v) is 3.96. The fraction of sp³-hybridized carbons (Fsp3) is 0.769. The first-order valence-electron chi connectivity index (χ1n) is 6.47. The molecule has 1 unspecified atom stereocenters. The van der Waals surface area contributed by atoms with Gasteiger partial charge in [-0.25, -0.2) is 0 Å². The van der Waals surface area contributed by atoms with Gasteiger partial charge in [0.1, 0.15) is 18.3 Å². The summed E-state index contributed by atoms with van der Waals surface area (Å²) in [5.74, 6) is -3.05. The Morgan fingerprint density at radius 3 is 1.86 bits per heavy atom. The minimum Gasteiger partial charge on any atom is -0.387 e. The lowest BCUT2D eigenvalue weighted by molar-refractivity contribution is -0.349. The molecule has 0 aromatic heterocycles. The number of aliphatic hydroxyl groups is 4. The highest BCUT2D eigenvalue weighted by Gasteiger charge is 2.71. The van der Waals surface area contributed by atoms with Gasteiger partial charge >= 0.3 is 0 Å². The second-order valence-corrected chi connectivity index (χ2v) is 5.31. The molecule has 0 aromatic rings. The minimum atomic E-state index is -3.02. The maximum absolute atomic E-state index is 11.9. The lowest BCUT2D eigenvalue weighted by Crippen LogP contribution is -2.80. The number of Topliss-reactive ketones (excluding diaryl/α,β-unsaturated/α-hetero) is 3. The van der Waals surface area contributed by atoms with Crippen LogP contribution < -0.4 is 0 Å². The number of hydrogen-bond donors (Lipinski definition) is 4. The van der Waals surface area contributed by atoms with E-state index in [1.807, 2.05) is 0 Å². The predicted molar refractivity (Wildman–Crippen MR) is 69.6 cm³/mol. The molecule has 0 radical (unpaired) electrons. The molecule has 1 aliphatic rings. The number of methoxy groups -OCH3 is 1. The average molecular weight is 320 g/mol. The highest BCUT2D eigenvalue weighted by atomic mass is 16.7. The van der Waals surface area contributed by atoms with Crippen LogP contribution in [0.1, 0.15) is 20.8 Å². The van der Waals surface area contributed by atoms with Gasteiger partial charge in [-0.15, -0.1) is 0 Å². The van der Waals surface area contributed by atoms with E-state index in [1.165, 1.54) is 0 Å². The molecule has 9 nitrogen and oxygen atoms in total. The fourth-order valence-electron chi connectivity index (χ4n) is 2.57. The second kappa shape index (κ2) is 6.11. The van der Waals surface area contributed by atoms with Crippen LogP contribution in [-0.2, 0) is 23.9 Å². The summed E-state index contributed by atoms with van der Waals surface area (Å²) in [4.78, 5) is 34.9. The molecule has 1 fully saturated rings. The summed E-state index contributed by atoms with van der Waals surface area (Å²) < 4.78 is 9.85. The van der Waals surface area contributed by atoms with Crippen LogP contribution in [0.3, 0.4) is 0 Å². The van der Waals surface area contributed by atoms with Gasteiger partial charge in [0.15, 0.2) is 29.2 Å². The van der Waals surface area contributed by atoms with Gasteiger partial charge in [0, 0.05) is 7.11 Å². The van der Waals surface area contributed by atoms with E-state index in [2.05, 4.69) is 0 Å². The van der Waals surface area contributed by atoms with Crippen molar-refractivity contribution in [2.24, 2.45) is 0 Å². The van der Waals surface area contributed by atoms with Crippen molar-refractivity contribution < 1.29 is 44.3 Å². The van der Waals surface area contributed by atoms with Crippen molar-refractivity contribution in [3.8, 4) is 0 Å². The van der Waals surface area contributed by atoms with Gasteiger partial charge < -0.3 is 29.9 Å². The molecule has 6 atom stereocenters. The maximum Gasteiger partial charge on any atom is 0.212 e. The molecule has 0 saturated carbocycles. The molecule has 0 spiro atoms. The van der Waals surface area contributed by atoms with Crippen LogP contribution in [0.15, 0.2) is 0 Å². The Morgan fingerprint density at radius 1 is 1.09 bits per heavy atom. The zero-order valence-corrected chi connectivity index (χ0v) is 12.6. The first-order valence-corrected chi connectivity index (χ1v) is 6.47. The summed E-state index contributed by atoms with van der Waals surface area (Å²) in [6.45, 7) is 2.71. The molecule has 0 bridgehead atoms. The van der Waals surface area contributed by atoms with Crippen LogP contribution in [-0.4, -0.2) is 80.7 Å². The summed E-state index contributed by atoms with van der Waals surface area (Å²) in [5, 5.41) is 41.0. The normalized spacial score (nSPS) is 40.1. The van der Waals surface area contributed by atoms with E-state index in [4.69, 9.17) is 9.47 Å². The monoisotopic (exact) mass is 320 g/mol. The van der Waals surface area contributed by atoms with Gasteiger partial charge in [-0.3, -0.25) is 14.4 Å². The highest BCUT2D eigenvalue weighted by Crippen LogP contribution is 2.41. The van der Waals surface area contributed by atoms with E-state index in [1.54, 1.807) is 0 Å².